The first kappa shape index (κ1) is 16.3. The molecule has 0 aliphatic heterocycles. The van der Waals surface area contributed by atoms with Crippen LogP contribution in [0.2, 0.25) is 0 Å². The molecule has 0 bridgehead atoms. The Morgan fingerprint density at radius 1 is 1.24 bits per heavy atom. The van der Waals surface area contributed by atoms with Crippen LogP contribution in [0.25, 0.3) is 0 Å². The minimum atomic E-state index is 0.542. The van der Waals surface area contributed by atoms with E-state index < -0.39 is 0 Å². The van der Waals surface area contributed by atoms with Gasteiger partial charge in [-0.3, -0.25) is 0 Å². The maximum absolute atomic E-state index is 5.93. The molecule has 3 nitrogen and oxygen atoms in total. The van der Waals surface area contributed by atoms with E-state index in [4.69, 9.17) is 9.47 Å². The third kappa shape index (κ3) is 4.73. The Bertz CT molecular complexity index is 571. The summed E-state index contributed by atoms with van der Waals surface area (Å²) in [4.78, 5) is 1.17. The molecule has 0 radical (unpaired) electrons. The van der Waals surface area contributed by atoms with E-state index in [-0.39, 0.29) is 0 Å². The van der Waals surface area contributed by atoms with Gasteiger partial charge in [0, 0.05) is 11.0 Å². The van der Waals surface area contributed by atoms with Gasteiger partial charge in [0.05, 0.1) is 12.0 Å². The van der Waals surface area contributed by atoms with Gasteiger partial charge in [0.2, 0.25) is 0 Å². The first-order valence-corrected chi connectivity index (χ1v) is 8.64. The van der Waals surface area contributed by atoms with Crippen LogP contribution in [-0.4, -0.2) is 13.7 Å². The lowest BCUT2D eigenvalue weighted by molar-refractivity contribution is 0.286. The number of rotatable bonds is 8. The maximum Gasteiger partial charge on any atom is 0.162 e. The molecule has 21 heavy (non-hydrogen) atoms. The lowest BCUT2D eigenvalue weighted by Crippen LogP contribution is -2.13. The zero-order chi connectivity index (χ0) is 15.1. The number of thiophene rings is 1. The molecule has 0 fully saturated rings. The zero-order valence-corrected chi connectivity index (χ0v) is 14.7. The lowest BCUT2D eigenvalue weighted by Gasteiger charge is -2.12. The standard InChI is InChI=1S/C16H20BrNO2S/c1-3-7-18-10-12-4-5-14(19-2)15(9-12)20-11-16-13(17)6-8-21-16/h4-6,8-9,18H,3,7,10-11H2,1-2H3. The van der Waals surface area contributed by atoms with Crippen molar-refractivity contribution >= 4 is 27.3 Å². The van der Waals surface area contributed by atoms with E-state index in [9.17, 15) is 0 Å². The SMILES string of the molecule is CCCNCc1ccc(OC)c(OCc2sccc2Br)c1. The monoisotopic (exact) mass is 369 g/mol. The Labute approximate surface area is 138 Å². The average Bonchev–Trinajstić information content (AvgIpc) is 2.91. The summed E-state index contributed by atoms with van der Waals surface area (Å²) >= 11 is 5.20. The Kier molecular flexibility index (Phi) is 6.54. The van der Waals surface area contributed by atoms with Crippen LogP contribution in [0.5, 0.6) is 11.5 Å². The second-order valence-corrected chi connectivity index (χ2v) is 6.50. The van der Waals surface area contributed by atoms with Gasteiger partial charge in [0.1, 0.15) is 6.61 Å². The molecule has 1 aromatic carbocycles. The molecule has 114 valence electrons. The highest BCUT2D eigenvalue weighted by Gasteiger charge is 2.08. The second kappa shape index (κ2) is 8.41. The molecule has 0 aliphatic rings. The Balaban J connectivity index is 2.05. The van der Waals surface area contributed by atoms with E-state index in [0.29, 0.717) is 6.61 Å². The smallest absolute Gasteiger partial charge is 0.162 e. The molecule has 1 heterocycles. The fourth-order valence-corrected chi connectivity index (χ4v) is 3.30. The van der Waals surface area contributed by atoms with Gasteiger partial charge in [0.25, 0.3) is 0 Å². The third-order valence-electron chi connectivity index (χ3n) is 3.03. The van der Waals surface area contributed by atoms with Crippen molar-refractivity contribution in [2.75, 3.05) is 13.7 Å². The molecule has 0 atom stereocenters. The van der Waals surface area contributed by atoms with E-state index in [1.165, 1.54) is 10.4 Å². The lowest BCUT2D eigenvalue weighted by atomic mass is 10.2. The molecule has 0 aliphatic carbocycles. The van der Waals surface area contributed by atoms with Crippen molar-refractivity contribution in [1.29, 1.82) is 0 Å². The number of halogens is 1. The van der Waals surface area contributed by atoms with Crippen LogP contribution in [0.4, 0.5) is 0 Å². The largest absolute Gasteiger partial charge is 0.493 e. The molecular weight excluding hydrogens is 350 g/mol. The maximum atomic E-state index is 5.93. The average molecular weight is 370 g/mol. The van der Waals surface area contributed by atoms with Crippen molar-refractivity contribution < 1.29 is 9.47 Å². The molecule has 0 unspecified atom stereocenters. The number of benzene rings is 1. The molecule has 0 spiro atoms. The van der Waals surface area contributed by atoms with Crippen molar-refractivity contribution in [3.05, 3.63) is 44.6 Å². The van der Waals surface area contributed by atoms with E-state index in [2.05, 4.69) is 34.2 Å². The summed E-state index contributed by atoms with van der Waals surface area (Å²) in [5.41, 5.74) is 1.20. The molecule has 2 aromatic rings. The fourth-order valence-electron chi connectivity index (χ4n) is 1.92. The summed E-state index contributed by atoms with van der Waals surface area (Å²) in [6.07, 6.45) is 1.13. The van der Waals surface area contributed by atoms with Gasteiger partial charge in [-0.25, -0.2) is 0 Å². The Morgan fingerprint density at radius 3 is 2.76 bits per heavy atom. The molecule has 1 aromatic heterocycles. The first-order valence-electron chi connectivity index (χ1n) is 6.97. The molecule has 0 amide bonds. The number of hydrogen-bond donors (Lipinski definition) is 1. The van der Waals surface area contributed by atoms with Crippen molar-refractivity contribution in [1.82, 2.24) is 5.32 Å². The van der Waals surface area contributed by atoms with Crippen molar-refractivity contribution in [3.63, 3.8) is 0 Å². The first-order chi connectivity index (χ1) is 10.2. The minimum absolute atomic E-state index is 0.542. The molecular formula is C16H20BrNO2S. The van der Waals surface area contributed by atoms with Crippen LogP contribution in [0, 0.1) is 0 Å². The molecule has 2 rings (SSSR count). The highest BCUT2D eigenvalue weighted by molar-refractivity contribution is 9.10. The highest BCUT2D eigenvalue weighted by Crippen LogP contribution is 2.30. The highest BCUT2D eigenvalue weighted by atomic mass is 79.9. The Morgan fingerprint density at radius 2 is 2.10 bits per heavy atom. The Hall–Kier alpha value is -1.04. The number of ether oxygens (including phenoxy) is 2. The van der Waals surface area contributed by atoms with Crippen LogP contribution in [-0.2, 0) is 13.2 Å². The third-order valence-corrected chi connectivity index (χ3v) is 4.93. The van der Waals surface area contributed by atoms with Gasteiger partial charge in [-0.2, -0.15) is 0 Å². The van der Waals surface area contributed by atoms with Crippen molar-refractivity contribution in [3.8, 4) is 11.5 Å². The van der Waals surface area contributed by atoms with Gasteiger partial charge < -0.3 is 14.8 Å². The summed E-state index contributed by atoms with van der Waals surface area (Å²) in [5.74, 6) is 1.55. The number of nitrogens with one attached hydrogen (secondary N) is 1. The molecule has 0 saturated heterocycles. The van der Waals surface area contributed by atoms with E-state index in [1.54, 1.807) is 18.4 Å². The minimum Gasteiger partial charge on any atom is -0.493 e. The summed E-state index contributed by atoms with van der Waals surface area (Å²) < 4.78 is 12.4. The predicted octanol–water partition coefficient (Wildman–Crippen LogP) is 4.60. The fraction of sp³-hybridized carbons (Fsp3) is 0.375. The predicted molar refractivity (Wildman–Crippen MR) is 91.3 cm³/mol. The second-order valence-electron chi connectivity index (χ2n) is 4.64. The number of methoxy groups -OCH3 is 1. The van der Waals surface area contributed by atoms with E-state index in [0.717, 1.165) is 35.5 Å². The van der Waals surface area contributed by atoms with Gasteiger partial charge in [-0.15, -0.1) is 11.3 Å². The normalized spacial score (nSPS) is 10.6. The van der Waals surface area contributed by atoms with Gasteiger partial charge in [0.15, 0.2) is 11.5 Å². The zero-order valence-electron chi connectivity index (χ0n) is 12.3. The van der Waals surface area contributed by atoms with Crippen LogP contribution >= 0.6 is 27.3 Å². The van der Waals surface area contributed by atoms with Crippen molar-refractivity contribution in [2.45, 2.75) is 26.5 Å². The van der Waals surface area contributed by atoms with Crippen LogP contribution in [0.1, 0.15) is 23.8 Å². The summed E-state index contributed by atoms with van der Waals surface area (Å²) in [7, 11) is 1.66. The van der Waals surface area contributed by atoms with Gasteiger partial charge in [-0.05, 0) is 58.0 Å². The van der Waals surface area contributed by atoms with Crippen LogP contribution in [0.15, 0.2) is 34.1 Å². The molecule has 1 N–H and O–H groups in total. The number of hydrogen-bond acceptors (Lipinski definition) is 4. The van der Waals surface area contributed by atoms with Crippen LogP contribution in [0.3, 0.4) is 0 Å². The topological polar surface area (TPSA) is 30.5 Å². The summed E-state index contributed by atoms with van der Waals surface area (Å²) in [6.45, 7) is 4.57. The quantitative estimate of drug-likeness (QED) is 0.689. The summed E-state index contributed by atoms with van der Waals surface area (Å²) in [5, 5.41) is 5.44. The van der Waals surface area contributed by atoms with E-state index >= 15 is 0 Å². The summed E-state index contributed by atoms with van der Waals surface area (Å²) in [6, 6.07) is 8.10. The molecule has 0 saturated carbocycles. The van der Waals surface area contributed by atoms with Gasteiger partial charge in [-0.1, -0.05) is 13.0 Å². The van der Waals surface area contributed by atoms with Crippen molar-refractivity contribution in [2.24, 2.45) is 0 Å². The molecule has 5 heteroatoms. The van der Waals surface area contributed by atoms with E-state index in [1.807, 2.05) is 23.6 Å². The van der Waals surface area contributed by atoms with Crippen LogP contribution < -0.4 is 14.8 Å². The van der Waals surface area contributed by atoms with Gasteiger partial charge >= 0.3 is 0 Å².